The molecule has 8 nitrogen and oxygen atoms in total. The zero-order valence-electron chi connectivity index (χ0n) is 11.5. The molecule has 0 unspecified atom stereocenters. The number of hydrogen-bond donors (Lipinski definition) is 3. The van der Waals surface area contributed by atoms with Crippen LogP contribution in [0.4, 0.5) is 5.82 Å². The summed E-state index contributed by atoms with van der Waals surface area (Å²) in [6.07, 6.45) is 5.39. The van der Waals surface area contributed by atoms with Crippen LogP contribution in [0.3, 0.4) is 0 Å². The number of aliphatic hydroxyl groups excluding tert-OH is 2. The largest absolute Gasteiger partial charge is 0.394 e. The van der Waals surface area contributed by atoms with E-state index in [1.165, 1.54) is 6.33 Å². The predicted molar refractivity (Wildman–Crippen MR) is 75.4 cm³/mol. The van der Waals surface area contributed by atoms with Crippen molar-refractivity contribution >= 4 is 17.0 Å². The summed E-state index contributed by atoms with van der Waals surface area (Å²) in [6, 6.07) is 0. The maximum absolute atomic E-state index is 9.83. The van der Waals surface area contributed by atoms with Gasteiger partial charge in [-0.1, -0.05) is 6.08 Å². The van der Waals surface area contributed by atoms with Gasteiger partial charge in [-0.3, -0.25) is 4.57 Å². The van der Waals surface area contributed by atoms with E-state index in [0.29, 0.717) is 23.4 Å². The van der Waals surface area contributed by atoms with E-state index in [1.807, 2.05) is 13.0 Å². The molecular weight excluding hydrogens is 274 g/mol. The Hall–Kier alpha value is -2.03. The van der Waals surface area contributed by atoms with Gasteiger partial charge in [0, 0.05) is 6.42 Å². The van der Waals surface area contributed by atoms with E-state index < -0.39 is 18.4 Å². The van der Waals surface area contributed by atoms with Crippen molar-refractivity contribution in [2.24, 2.45) is 0 Å². The van der Waals surface area contributed by atoms with Crippen LogP contribution in [0.15, 0.2) is 24.9 Å². The molecule has 0 saturated carbocycles. The fourth-order valence-electron chi connectivity index (χ4n) is 2.38. The van der Waals surface area contributed by atoms with Gasteiger partial charge in [-0.25, -0.2) is 15.0 Å². The summed E-state index contributed by atoms with van der Waals surface area (Å²) in [6.45, 7) is 1.68. The average molecular weight is 291 g/mol. The van der Waals surface area contributed by atoms with Crippen molar-refractivity contribution < 1.29 is 14.9 Å². The Labute approximate surface area is 121 Å². The summed E-state index contributed by atoms with van der Waals surface area (Å²) in [5, 5.41) is 22.0. The molecule has 0 aromatic carbocycles. The highest BCUT2D eigenvalue weighted by molar-refractivity contribution is 5.83. The SMILES string of the molecule is CC=CNc1ncnc2c1ncn2[C@H]1C[C@H](O)[C@@H](CO)O1. The molecule has 2 aromatic rings. The minimum Gasteiger partial charge on any atom is -0.394 e. The lowest BCUT2D eigenvalue weighted by Crippen LogP contribution is -2.24. The highest BCUT2D eigenvalue weighted by Crippen LogP contribution is 2.31. The van der Waals surface area contributed by atoms with Crippen LogP contribution in [0, 0.1) is 0 Å². The van der Waals surface area contributed by atoms with Crippen molar-refractivity contribution in [3.63, 3.8) is 0 Å². The summed E-state index contributed by atoms with van der Waals surface area (Å²) in [4.78, 5) is 12.7. The second kappa shape index (κ2) is 5.76. The fraction of sp³-hybridized carbons (Fsp3) is 0.462. The van der Waals surface area contributed by atoms with Gasteiger partial charge in [0.2, 0.25) is 0 Å². The molecule has 1 aliphatic rings. The summed E-state index contributed by atoms with van der Waals surface area (Å²) in [7, 11) is 0. The lowest BCUT2D eigenvalue weighted by Gasteiger charge is -2.13. The third kappa shape index (κ3) is 2.48. The molecule has 3 N–H and O–H groups in total. The first kappa shape index (κ1) is 13.9. The molecule has 0 radical (unpaired) electrons. The van der Waals surface area contributed by atoms with Crippen LogP contribution in [-0.2, 0) is 4.74 Å². The monoisotopic (exact) mass is 291 g/mol. The topological polar surface area (TPSA) is 105 Å². The molecule has 21 heavy (non-hydrogen) atoms. The maximum atomic E-state index is 9.83. The molecule has 0 amide bonds. The summed E-state index contributed by atoms with van der Waals surface area (Å²) < 4.78 is 7.37. The highest BCUT2D eigenvalue weighted by atomic mass is 16.5. The molecule has 8 heteroatoms. The van der Waals surface area contributed by atoms with Crippen molar-refractivity contribution in [2.45, 2.75) is 31.8 Å². The van der Waals surface area contributed by atoms with E-state index in [1.54, 1.807) is 17.1 Å². The van der Waals surface area contributed by atoms with Crippen molar-refractivity contribution in [1.29, 1.82) is 0 Å². The number of ether oxygens (including phenoxy) is 1. The number of nitrogens with one attached hydrogen (secondary N) is 1. The standard InChI is InChI=1S/C13H17N5O3/c1-2-3-14-12-11-13(16-6-15-12)18(7-17-11)10-4-8(20)9(5-19)21-10/h2-3,6-10,19-20H,4-5H2,1H3,(H,14,15,16)/t8-,9+,10+/m0/s1. The van der Waals surface area contributed by atoms with Gasteiger partial charge in [-0.2, -0.15) is 0 Å². The molecule has 3 atom stereocenters. The van der Waals surface area contributed by atoms with Crippen LogP contribution in [-0.4, -0.2) is 48.5 Å². The molecular formula is C13H17N5O3. The number of allylic oxidation sites excluding steroid dienone is 1. The number of aliphatic hydroxyl groups is 2. The Morgan fingerprint density at radius 2 is 2.33 bits per heavy atom. The maximum Gasteiger partial charge on any atom is 0.167 e. The van der Waals surface area contributed by atoms with E-state index in [0.717, 1.165) is 0 Å². The highest BCUT2D eigenvalue weighted by Gasteiger charge is 2.35. The lowest BCUT2D eigenvalue weighted by molar-refractivity contribution is -0.0432. The molecule has 0 aliphatic carbocycles. The van der Waals surface area contributed by atoms with E-state index in [4.69, 9.17) is 9.84 Å². The van der Waals surface area contributed by atoms with E-state index in [2.05, 4.69) is 20.3 Å². The first-order valence-electron chi connectivity index (χ1n) is 6.74. The number of fused-ring (bicyclic) bond motifs is 1. The Balaban J connectivity index is 1.94. The van der Waals surface area contributed by atoms with Crippen LogP contribution in [0.1, 0.15) is 19.6 Å². The fourth-order valence-corrected chi connectivity index (χ4v) is 2.38. The van der Waals surface area contributed by atoms with E-state index in [-0.39, 0.29) is 6.61 Å². The van der Waals surface area contributed by atoms with Crippen molar-refractivity contribution in [3.05, 3.63) is 24.9 Å². The van der Waals surface area contributed by atoms with Gasteiger partial charge >= 0.3 is 0 Å². The molecule has 0 bridgehead atoms. The minimum absolute atomic E-state index is 0.215. The number of nitrogens with zero attached hydrogens (tertiary/aromatic N) is 4. The Morgan fingerprint density at radius 3 is 3.05 bits per heavy atom. The van der Waals surface area contributed by atoms with Crippen LogP contribution < -0.4 is 5.32 Å². The normalized spacial score (nSPS) is 26.0. The van der Waals surface area contributed by atoms with Gasteiger partial charge in [0.1, 0.15) is 18.7 Å². The quantitative estimate of drug-likeness (QED) is 0.749. The summed E-state index contributed by atoms with van der Waals surface area (Å²) >= 11 is 0. The average Bonchev–Trinajstić information content (AvgIpc) is 3.08. The molecule has 3 rings (SSSR count). The zero-order chi connectivity index (χ0) is 14.8. The molecule has 0 spiro atoms. The van der Waals surface area contributed by atoms with Crippen LogP contribution in [0.2, 0.25) is 0 Å². The second-order valence-electron chi connectivity index (χ2n) is 4.81. The van der Waals surface area contributed by atoms with Gasteiger partial charge in [0.15, 0.2) is 17.0 Å². The Morgan fingerprint density at radius 1 is 1.48 bits per heavy atom. The number of hydrogen-bond acceptors (Lipinski definition) is 7. The summed E-state index contributed by atoms with van der Waals surface area (Å²) in [5.74, 6) is 0.606. The number of imidazole rings is 1. The molecule has 112 valence electrons. The van der Waals surface area contributed by atoms with Gasteiger partial charge in [-0.05, 0) is 13.1 Å². The van der Waals surface area contributed by atoms with Gasteiger partial charge in [0.25, 0.3) is 0 Å². The van der Waals surface area contributed by atoms with Gasteiger partial charge in [-0.15, -0.1) is 0 Å². The smallest absolute Gasteiger partial charge is 0.167 e. The third-order valence-electron chi connectivity index (χ3n) is 3.44. The summed E-state index contributed by atoms with van der Waals surface area (Å²) in [5.41, 5.74) is 1.24. The predicted octanol–water partition coefficient (Wildman–Crippen LogP) is 0.412. The van der Waals surface area contributed by atoms with Crippen molar-refractivity contribution in [1.82, 2.24) is 19.5 Å². The second-order valence-corrected chi connectivity index (χ2v) is 4.81. The van der Waals surface area contributed by atoms with Crippen molar-refractivity contribution in [2.75, 3.05) is 11.9 Å². The number of aromatic nitrogens is 4. The number of rotatable bonds is 4. The van der Waals surface area contributed by atoms with Crippen molar-refractivity contribution in [3.8, 4) is 0 Å². The Bertz CT molecular complexity index is 656. The van der Waals surface area contributed by atoms with Gasteiger partial charge in [0.05, 0.1) is 19.0 Å². The van der Waals surface area contributed by atoms with Gasteiger partial charge < -0.3 is 20.3 Å². The van der Waals surface area contributed by atoms with Crippen LogP contribution >= 0.6 is 0 Å². The molecule has 1 aliphatic heterocycles. The zero-order valence-corrected chi connectivity index (χ0v) is 11.5. The molecule has 1 saturated heterocycles. The molecule has 2 aromatic heterocycles. The molecule has 1 fully saturated rings. The minimum atomic E-state index is -0.695. The van der Waals surface area contributed by atoms with Crippen LogP contribution in [0.25, 0.3) is 11.2 Å². The van der Waals surface area contributed by atoms with E-state index in [9.17, 15) is 5.11 Å². The van der Waals surface area contributed by atoms with Crippen LogP contribution in [0.5, 0.6) is 0 Å². The Kier molecular flexibility index (Phi) is 3.82. The van der Waals surface area contributed by atoms with E-state index >= 15 is 0 Å². The first-order chi connectivity index (χ1) is 10.2. The third-order valence-corrected chi connectivity index (χ3v) is 3.44. The number of anilines is 1. The lowest BCUT2D eigenvalue weighted by atomic mass is 10.2. The molecule has 3 heterocycles. The first-order valence-corrected chi connectivity index (χ1v) is 6.74.